The highest BCUT2D eigenvalue weighted by Gasteiger charge is 2.36. The average Bonchev–Trinajstić information content (AvgIpc) is 2.32. The zero-order valence-corrected chi connectivity index (χ0v) is 11.7. The van der Waals surface area contributed by atoms with Gasteiger partial charge in [0.2, 0.25) is 0 Å². The molecule has 0 unspecified atom stereocenters. The van der Waals surface area contributed by atoms with Gasteiger partial charge in [0.05, 0.1) is 5.60 Å². The second kappa shape index (κ2) is 4.88. The Morgan fingerprint density at radius 2 is 1.94 bits per heavy atom. The van der Waals surface area contributed by atoms with Crippen molar-refractivity contribution in [3.05, 3.63) is 23.9 Å². The number of aliphatic hydroxyl groups is 1. The second-order valence-electron chi connectivity index (χ2n) is 6.46. The largest absolute Gasteiger partial charge is 0.388 e. The van der Waals surface area contributed by atoms with Crippen LogP contribution >= 0.6 is 0 Å². The van der Waals surface area contributed by atoms with Crippen LogP contribution in [-0.4, -0.2) is 22.2 Å². The summed E-state index contributed by atoms with van der Waals surface area (Å²) in [7, 11) is 0. The lowest BCUT2D eigenvalue weighted by atomic mass is 9.71. The Labute approximate surface area is 110 Å². The maximum absolute atomic E-state index is 10.5. The van der Waals surface area contributed by atoms with Gasteiger partial charge in [0.1, 0.15) is 5.82 Å². The minimum atomic E-state index is -0.569. The molecule has 3 heteroatoms. The van der Waals surface area contributed by atoms with Crippen LogP contribution in [0.4, 0.5) is 5.82 Å². The minimum absolute atomic E-state index is 0.383. The highest BCUT2D eigenvalue weighted by molar-refractivity contribution is 5.37. The summed E-state index contributed by atoms with van der Waals surface area (Å²) in [5.41, 5.74) is 0.999. The summed E-state index contributed by atoms with van der Waals surface area (Å²) in [6.45, 7) is 7.20. The Bertz CT molecular complexity index is 405. The van der Waals surface area contributed by atoms with Crippen molar-refractivity contribution in [1.29, 1.82) is 0 Å². The van der Waals surface area contributed by atoms with E-state index in [1.165, 1.54) is 5.56 Å². The third-order valence-electron chi connectivity index (χ3n) is 4.05. The highest BCUT2D eigenvalue weighted by Crippen LogP contribution is 2.40. The predicted molar refractivity (Wildman–Crippen MR) is 74.7 cm³/mol. The van der Waals surface area contributed by atoms with Gasteiger partial charge in [-0.3, -0.25) is 0 Å². The molecule has 1 aromatic heterocycles. The first-order valence-corrected chi connectivity index (χ1v) is 6.78. The molecule has 1 aromatic rings. The van der Waals surface area contributed by atoms with Crippen molar-refractivity contribution in [2.75, 3.05) is 11.9 Å². The van der Waals surface area contributed by atoms with E-state index < -0.39 is 5.60 Å². The van der Waals surface area contributed by atoms with E-state index in [-0.39, 0.29) is 0 Å². The Morgan fingerprint density at radius 1 is 1.28 bits per heavy atom. The molecule has 0 aliphatic heterocycles. The molecule has 0 aromatic carbocycles. The summed E-state index contributed by atoms with van der Waals surface area (Å²) in [5, 5.41) is 13.8. The van der Waals surface area contributed by atoms with Crippen molar-refractivity contribution in [2.24, 2.45) is 5.41 Å². The zero-order chi connectivity index (χ0) is 13.2. The Hall–Kier alpha value is -1.09. The molecule has 1 fully saturated rings. The van der Waals surface area contributed by atoms with Crippen LogP contribution in [0.2, 0.25) is 0 Å². The van der Waals surface area contributed by atoms with E-state index in [0.29, 0.717) is 12.0 Å². The number of aromatic nitrogens is 1. The fourth-order valence-electron chi connectivity index (χ4n) is 2.46. The topological polar surface area (TPSA) is 45.2 Å². The van der Waals surface area contributed by atoms with Crippen LogP contribution < -0.4 is 5.32 Å². The second-order valence-corrected chi connectivity index (χ2v) is 6.46. The van der Waals surface area contributed by atoms with Crippen molar-refractivity contribution >= 4 is 5.82 Å². The number of nitrogens with zero attached hydrogens (tertiary/aromatic N) is 1. The molecule has 0 saturated heterocycles. The predicted octanol–water partition coefficient (Wildman–Crippen LogP) is 3.13. The number of pyridine rings is 1. The molecule has 0 atom stereocenters. The van der Waals surface area contributed by atoms with Gasteiger partial charge < -0.3 is 10.4 Å². The molecule has 3 nitrogen and oxygen atoms in total. The Morgan fingerprint density at radius 3 is 2.56 bits per heavy atom. The van der Waals surface area contributed by atoms with Gasteiger partial charge >= 0.3 is 0 Å². The molecule has 0 radical (unpaired) electrons. The molecule has 2 N–H and O–H groups in total. The van der Waals surface area contributed by atoms with Crippen LogP contribution in [0, 0.1) is 12.3 Å². The molecule has 18 heavy (non-hydrogen) atoms. The number of anilines is 1. The van der Waals surface area contributed by atoms with Gasteiger partial charge in [0, 0.05) is 12.7 Å². The monoisotopic (exact) mass is 248 g/mol. The quantitative estimate of drug-likeness (QED) is 0.863. The molecular weight excluding hydrogens is 224 g/mol. The lowest BCUT2D eigenvalue weighted by molar-refractivity contribution is -0.0145. The summed E-state index contributed by atoms with van der Waals surface area (Å²) in [6, 6.07) is 3.99. The number of aryl methyl sites for hydroxylation is 1. The van der Waals surface area contributed by atoms with Crippen molar-refractivity contribution in [3.63, 3.8) is 0 Å². The van der Waals surface area contributed by atoms with E-state index in [1.54, 1.807) is 6.20 Å². The number of hydrogen-bond donors (Lipinski definition) is 2. The summed E-state index contributed by atoms with van der Waals surface area (Å²) >= 11 is 0. The number of hydrogen-bond acceptors (Lipinski definition) is 3. The first kappa shape index (κ1) is 13.3. The van der Waals surface area contributed by atoms with E-state index in [1.807, 2.05) is 19.1 Å². The van der Waals surface area contributed by atoms with E-state index >= 15 is 0 Å². The maximum Gasteiger partial charge on any atom is 0.126 e. The fraction of sp³-hybridized carbons (Fsp3) is 0.667. The van der Waals surface area contributed by atoms with Crippen molar-refractivity contribution in [2.45, 2.75) is 52.1 Å². The number of nitrogens with one attached hydrogen (secondary N) is 1. The highest BCUT2D eigenvalue weighted by atomic mass is 16.3. The fourth-order valence-corrected chi connectivity index (χ4v) is 2.46. The summed E-state index contributed by atoms with van der Waals surface area (Å²) in [4.78, 5) is 4.26. The lowest BCUT2D eigenvalue weighted by Gasteiger charge is -2.40. The van der Waals surface area contributed by atoms with E-state index in [0.717, 1.165) is 31.5 Å². The summed E-state index contributed by atoms with van der Waals surface area (Å²) in [5.74, 6) is 0.855. The first-order valence-electron chi connectivity index (χ1n) is 6.78. The van der Waals surface area contributed by atoms with Crippen molar-refractivity contribution in [3.8, 4) is 0 Å². The molecule has 0 amide bonds. The van der Waals surface area contributed by atoms with Crippen LogP contribution in [0.3, 0.4) is 0 Å². The van der Waals surface area contributed by atoms with Gasteiger partial charge in [-0.15, -0.1) is 0 Å². The lowest BCUT2D eigenvalue weighted by Crippen LogP contribution is -2.42. The molecule has 1 heterocycles. The zero-order valence-electron chi connectivity index (χ0n) is 11.7. The van der Waals surface area contributed by atoms with Gasteiger partial charge in [-0.25, -0.2) is 4.98 Å². The minimum Gasteiger partial charge on any atom is -0.388 e. The van der Waals surface area contributed by atoms with Gasteiger partial charge in [0.25, 0.3) is 0 Å². The van der Waals surface area contributed by atoms with Crippen LogP contribution in [0.25, 0.3) is 0 Å². The molecule has 0 bridgehead atoms. The van der Waals surface area contributed by atoms with Crippen LogP contribution in [0.15, 0.2) is 18.3 Å². The van der Waals surface area contributed by atoms with Crippen molar-refractivity contribution < 1.29 is 5.11 Å². The Balaban J connectivity index is 1.90. The van der Waals surface area contributed by atoms with Crippen molar-refractivity contribution in [1.82, 2.24) is 4.98 Å². The maximum atomic E-state index is 10.5. The van der Waals surface area contributed by atoms with E-state index in [2.05, 4.69) is 24.1 Å². The van der Waals surface area contributed by atoms with E-state index in [4.69, 9.17) is 0 Å². The Kier molecular flexibility index (Phi) is 3.62. The molecule has 100 valence electrons. The van der Waals surface area contributed by atoms with Crippen LogP contribution in [0.1, 0.15) is 45.1 Å². The van der Waals surface area contributed by atoms with Gasteiger partial charge in [-0.05, 0) is 55.7 Å². The number of rotatable bonds is 3. The van der Waals surface area contributed by atoms with Crippen LogP contribution in [0.5, 0.6) is 0 Å². The van der Waals surface area contributed by atoms with Gasteiger partial charge in [-0.2, -0.15) is 0 Å². The smallest absolute Gasteiger partial charge is 0.126 e. The molecular formula is C15H24N2O. The third-order valence-corrected chi connectivity index (χ3v) is 4.05. The third kappa shape index (κ3) is 3.45. The molecule has 2 rings (SSSR count). The molecule has 1 aliphatic carbocycles. The summed E-state index contributed by atoms with van der Waals surface area (Å²) < 4.78 is 0. The summed E-state index contributed by atoms with van der Waals surface area (Å²) in [6.07, 6.45) is 5.72. The van der Waals surface area contributed by atoms with Crippen LogP contribution in [-0.2, 0) is 0 Å². The first-order chi connectivity index (χ1) is 8.39. The van der Waals surface area contributed by atoms with E-state index in [9.17, 15) is 5.11 Å². The standard InChI is InChI=1S/C15H24N2O/c1-12-4-9-16-13(10-12)17-11-15(18)7-5-14(2,3)6-8-15/h4,9-10,18H,5-8,11H2,1-3H3,(H,16,17). The van der Waals surface area contributed by atoms with Gasteiger partial charge in [0.15, 0.2) is 0 Å². The van der Waals surface area contributed by atoms with Gasteiger partial charge in [-0.1, -0.05) is 13.8 Å². The molecule has 1 aliphatic rings. The molecule has 0 spiro atoms. The molecule has 1 saturated carbocycles. The normalized spacial score (nSPS) is 21.6. The SMILES string of the molecule is Cc1ccnc(NCC2(O)CCC(C)(C)CC2)c1. The average molecular weight is 248 g/mol.